The summed E-state index contributed by atoms with van der Waals surface area (Å²) in [5, 5.41) is 11.8. The second-order valence-electron chi connectivity index (χ2n) is 3.91. The summed E-state index contributed by atoms with van der Waals surface area (Å²) < 4.78 is 41.7. The molecule has 2 aromatic rings. The topological polar surface area (TPSA) is 80.7 Å². The molecule has 2 rings (SSSR count). The summed E-state index contributed by atoms with van der Waals surface area (Å²) in [6.45, 7) is -1.48. The molecule has 0 aliphatic heterocycles. The van der Waals surface area contributed by atoms with Crippen LogP contribution in [0.5, 0.6) is 5.75 Å². The van der Waals surface area contributed by atoms with Crippen molar-refractivity contribution in [1.82, 2.24) is 4.98 Å². The van der Waals surface area contributed by atoms with Gasteiger partial charge in [-0.05, 0) is 12.1 Å². The zero-order chi connectivity index (χ0) is 14.8. The average Bonchev–Trinajstić information content (AvgIpc) is 2.42. The van der Waals surface area contributed by atoms with Crippen LogP contribution in [0.1, 0.15) is 5.56 Å². The maximum Gasteiger partial charge on any atom is 0.422 e. The van der Waals surface area contributed by atoms with Gasteiger partial charge in [-0.15, -0.1) is 0 Å². The summed E-state index contributed by atoms with van der Waals surface area (Å²) in [6.07, 6.45) is -3.30. The van der Waals surface area contributed by atoms with E-state index in [2.05, 4.69) is 10.1 Å². The highest BCUT2D eigenvalue weighted by molar-refractivity contribution is 6.04. The molecule has 0 fully saturated rings. The summed E-state index contributed by atoms with van der Waals surface area (Å²) >= 11 is 0. The molecule has 0 amide bonds. The zero-order valence-corrected chi connectivity index (χ0v) is 10.1. The van der Waals surface area contributed by atoms with Gasteiger partial charge in [0.15, 0.2) is 12.4 Å². The number of nitrogens with two attached hydrogens (primary N) is 1. The minimum Gasteiger partial charge on any atom is -0.483 e. The van der Waals surface area contributed by atoms with Crippen LogP contribution >= 0.6 is 0 Å². The van der Waals surface area contributed by atoms with E-state index in [0.717, 1.165) is 0 Å². The largest absolute Gasteiger partial charge is 0.483 e. The van der Waals surface area contributed by atoms with Gasteiger partial charge in [0.05, 0.1) is 11.1 Å². The quantitative estimate of drug-likeness (QED) is 0.392. The molecule has 0 bridgehead atoms. The molecule has 0 spiro atoms. The summed E-state index contributed by atoms with van der Waals surface area (Å²) in [7, 11) is 0. The van der Waals surface area contributed by atoms with Crippen LogP contribution in [0.4, 0.5) is 13.2 Å². The predicted molar refractivity (Wildman–Crippen MR) is 65.8 cm³/mol. The SMILES string of the molecule is N/C(=N\O)c1cnc2ccccc2c1OCC(F)(F)F. The number of rotatable bonds is 3. The molecule has 1 heterocycles. The Balaban J connectivity index is 2.56. The van der Waals surface area contributed by atoms with Gasteiger partial charge in [0, 0.05) is 11.6 Å². The number of oxime groups is 1. The molecule has 20 heavy (non-hydrogen) atoms. The molecule has 106 valence electrons. The summed E-state index contributed by atoms with van der Waals surface area (Å²) in [4.78, 5) is 4.02. The Kier molecular flexibility index (Phi) is 3.64. The third-order valence-electron chi connectivity index (χ3n) is 2.49. The summed E-state index contributed by atoms with van der Waals surface area (Å²) in [6, 6.07) is 6.47. The van der Waals surface area contributed by atoms with Crippen LogP contribution < -0.4 is 10.5 Å². The molecule has 0 saturated heterocycles. The Morgan fingerprint density at radius 3 is 2.70 bits per heavy atom. The minimum atomic E-state index is -4.49. The van der Waals surface area contributed by atoms with Crippen LogP contribution in [0.15, 0.2) is 35.6 Å². The van der Waals surface area contributed by atoms with Gasteiger partial charge in [0.1, 0.15) is 5.75 Å². The monoisotopic (exact) mass is 285 g/mol. The van der Waals surface area contributed by atoms with E-state index >= 15 is 0 Å². The molecule has 0 aliphatic rings. The van der Waals surface area contributed by atoms with Crippen molar-refractivity contribution in [3.8, 4) is 5.75 Å². The second-order valence-corrected chi connectivity index (χ2v) is 3.91. The smallest absolute Gasteiger partial charge is 0.422 e. The Labute approximate surface area is 111 Å². The van der Waals surface area contributed by atoms with E-state index in [9.17, 15) is 13.2 Å². The fraction of sp³-hybridized carbons (Fsp3) is 0.167. The zero-order valence-electron chi connectivity index (χ0n) is 10.1. The first-order valence-electron chi connectivity index (χ1n) is 5.47. The number of amidine groups is 1. The average molecular weight is 285 g/mol. The Bertz CT molecular complexity index is 656. The van der Waals surface area contributed by atoms with Crippen LogP contribution in [0.25, 0.3) is 10.9 Å². The number of benzene rings is 1. The number of ether oxygens (including phenoxy) is 1. The number of fused-ring (bicyclic) bond motifs is 1. The maximum atomic E-state index is 12.3. The fourth-order valence-corrected chi connectivity index (χ4v) is 1.66. The molecule has 8 heteroatoms. The highest BCUT2D eigenvalue weighted by Crippen LogP contribution is 2.29. The standard InChI is InChI=1S/C12H10F3N3O2/c13-12(14,15)6-20-10-7-3-1-2-4-9(7)17-5-8(10)11(16)18-19/h1-5,19H,6H2,(H2,16,18). The first kappa shape index (κ1) is 13.9. The van der Waals surface area contributed by atoms with Crippen molar-refractivity contribution in [3.05, 3.63) is 36.0 Å². The van der Waals surface area contributed by atoms with Crippen molar-refractivity contribution in [2.75, 3.05) is 6.61 Å². The van der Waals surface area contributed by atoms with Crippen molar-refractivity contribution in [1.29, 1.82) is 0 Å². The van der Waals surface area contributed by atoms with Gasteiger partial charge in [-0.3, -0.25) is 4.98 Å². The van der Waals surface area contributed by atoms with E-state index in [1.165, 1.54) is 6.20 Å². The molecule has 5 nitrogen and oxygen atoms in total. The number of aromatic nitrogens is 1. The van der Waals surface area contributed by atoms with Crippen molar-refractivity contribution < 1.29 is 23.1 Å². The van der Waals surface area contributed by atoms with Gasteiger partial charge in [-0.2, -0.15) is 13.2 Å². The number of halogens is 3. The number of nitrogens with zero attached hydrogens (tertiary/aromatic N) is 2. The number of para-hydroxylation sites is 1. The minimum absolute atomic E-state index is 0.00421. The van der Waals surface area contributed by atoms with E-state index in [0.29, 0.717) is 10.9 Å². The third kappa shape index (κ3) is 2.90. The van der Waals surface area contributed by atoms with Gasteiger partial charge in [0.2, 0.25) is 0 Å². The number of hydrogen-bond acceptors (Lipinski definition) is 4. The molecule has 0 saturated carbocycles. The lowest BCUT2D eigenvalue weighted by molar-refractivity contribution is -0.153. The Morgan fingerprint density at radius 2 is 2.05 bits per heavy atom. The first-order chi connectivity index (χ1) is 9.42. The molecule has 0 aliphatic carbocycles. The van der Waals surface area contributed by atoms with E-state index in [1.54, 1.807) is 24.3 Å². The summed E-state index contributed by atoms with van der Waals surface area (Å²) in [5.74, 6) is -0.497. The van der Waals surface area contributed by atoms with Gasteiger partial charge in [-0.1, -0.05) is 17.3 Å². The first-order valence-corrected chi connectivity index (χ1v) is 5.47. The van der Waals surface area contributed by atoms with E-state index < -0.39 is 12.8 Å². The van der Waals surface area contributed by atoms with Gasteiger partial charge in [-0.25, -0.2) is 0 Å². The maximum absolute atomic E-state index is 12.3. The fourth-order valence-electron chi connectivity index (χ4n) is 1.66. The van der Waals surface area contributed by atoms with Crippen LogP contribution in [0, 0.1) is 0 Å². The lowest BCUT2D eigenvalue weighted by Gasteiger charge is -2.14. The molecule has 0 unspecified atom stereocenters. The van der Waals surface area contributed by atoms with Crippen LogP contribution in [0.3, 0.4) is 0 Å². The van der Waals surface area contributed by atoms with Crippen LogP contribution in [-0.2, 0) is 0 Å². The normalized spacial score (nSPS) is 12.7. The Morgan fingerprint density at radius 1 is 1.35 bits per heavy atom. The van der Waals surface area contributed by atoms with Gasteiger partial charge < -0.3 is 15.7 Å². The molecular weight excluding hydrogens is 275 g/mol. The number of alkyl halides is 3. The lowest BCUT2D eigenvalue weighted by atomic mass is 10.1. The highest BCUT2D eigenvalue weighted by Gasteiger charge is 2.29. The molecule has 0 radical (unpaired) electrons. The van der Waals surface area contributed by atoms with E-state index in [4.69, 9.17) is 15.7 Å². The van der Waals surface area contributed by atoms with E-state index in [1.807, 2.05) is 0 Å². The van der Waals surface area contributed by atoms with Crippen molar-refractivity contribution in [3.63, 3.8) is 0 Å². The Hall–Kier alpha value is -2.51. The highest BCUT2D eigenvalue weighted by atomic mass is 19.4. The van der Waals surface area contributed by atoms with Crippen molar-refractivity contribution >= 4 is 16.7 Å². The second kappa shape index (κ2) is 5.24. The molecule has 1 aromatic carbocycles. The van der Waals surface area contributed by atoms with Crippen molar-refractivity contribution in [2.45, 2.75) is 6.18 Å². The molecule has 3 N–H and O–H groups in total. The molecular formula is C12H10F3N3O2. The number of hydrogen-bond donors (Lipinski definition) is 2. The number of pyridine rings is 1. The van der Waals surface area contributed by atoms with Gasteiger partial charge >= 0.3 is 6.18 Å². The molecule has 1 aromatic heterocycles. The van der Waals surface area contributed by atoms with Crippen LogP contribution in [0.2, 0.25) is 0 Å². The predicted octanol–water partition coefficient (Wildman–Crippen LogP) is 2.27. The lowest BCUT2D eigenvalue weighted by Crippen LogP contribution is -2.22. The van der Waals surface area contributed by atoms with E-state index in [-0.39, 0.29) is 17.1 Å². The van der Waals surface area contributed by atoms with Crippen LogP contribution in [-0.4, -0.2) is 28.8 Å². The molecule has 0 atom stereocenters. The third-order valence-corrected chi connectivity index (χ3v) is 2.49. The van der Waals surface area contributed by atoms with Gasteiger partial charge in [0.25, 0.3) is 0 Å². The van der Waals surface area contributed by atoms with Crippen molar-refractivity contribution in [2.24, 2.45) is 10.9 Å². The summed E-state index contributed by atoms with van der Waals surface area (Å²) in [5.41, 5.74) is 5.86.